The highest BCUT2D eigenvalue weighted by Gasteiger charge is 2.18. The number of hydrogen-bond acceptors (Lipinski definition) is 5. The number of nitrogens with two attached hydrogens (primary N) is 1. The van der Waals surface area contributed by atoms with Gasteiger partial charge in [-0.15, -0.1) is 0 Å². The van der Waals surface area contributed by atoms with Gasteiger partial charge in [-0.1, -0.05) is 0 Å². The first-order valence-corrected chi connectivity index (χ1v) is 6.91. The van der Waals surface area contributed by atoms with Gasteiger partial charge in [-0.2, -0.15) is 0 Å². The molecule has 1 aliphatic rings. The average Bonchev–Trinajstić information content (AvgIpc) is 2.65. The molecule has 106 valence electrons. The molecule has 0 spiro atoms. The van der Waals surface area contributed by atoms with Crippen molar-refractivity contribution < 1.29 is 0 Å². The minimum absolute atomic E-state index is 0.0158. The molecular weight excluding hydrogens is 242 g/mol. The van der Waals surface area contributed by atoms with Gasteiger partial charge in [0.2, 0.25) is 0 Å². The fourth-order valence-corrected chi connectivity index (χ4v) is 2.42. The van der Waals surface area contributed by atoms with Crippen molar-refractivity contribution in [2.45, 2.75) is 12.8 Å². The molecule has 2 N–H and O–H groups in total. The van der Waals surface area contributed by atoms with Crippen molar-refractivity contribution in [2.75, 3.05) is 44.2 Å². The minimum Gasteiger partial charge on any atom is -0.351 e. The van der Waals surface area contributed by atoms with Crippen molar-refractivity contribution in [1.29, 1.82) is 0 Å². The van der Waals surface area contributed by atoms with Gasteiger partial charge in [0, 0.05) is 39.1 Å². The summed E-state index contributed by atoms with van der Waals surface area (Å²) >= 11 is 0. The lowest BCUT2D eigenvalue weighted by molar-refractivity contribution is 0.291. The molecule has 19 heavy (non-hydrogen) atoms. The lowest BCUT2D eigenvalue weighted by atomic mass is 10.3. The molecule has 0 aromatic carbocycles. The lowest BCUT2D eigenvalue weighted by Crippen LogP contribution is -2.36. The van der Waals surface area contributed by atoms with E-state index in [1.54, 1.807) is 24.0 Å². The normalized spacial score (nSPS) is 17.5. The molecule has 0 atom stereocenters. The van der Waals surface area contributed by atoms with Gasteiger partial charge in [0.25, 0.3) is 5.56 Å². The van der Waals surface area contributed by atoms with E-state index in [2.05, 4.69) is 14.8 Å². The Labute approximate surface area is 113 Å². The molecule has 0 radical (unpaired) electrons. The summed E-state index contributed by atoms with van der Waals surface area (Å²) < 4.78 is 1.58. The molecule has 6 heteroatoms. The fraction of sp³-hybridized carbons (Fsp3) is 0.692. The number of rotatable bonds is 4. The zero-order valence-electron chi connectivity index (χ0n) is 11.6. The van der Waals surface area contributed by atoms with Crippen LogP contribution in [0.5, 0.6) is 0 Å². The van der Waals surface area contributed by atoms with Crippen LogP contribution in [0.1, 0.15) is 12.8 Å². The van der Waals surface area contributed by atoms with E-state index in [1.807, 2.05) is 0 Å². The van der Waals surface area contributed by atoms with E-state index >= 15 is 0 Å². The van der Waals surface area contributed by atoms with Crippen molar-refractivity contribution in [1.82, 2.24) is 14.5 Å². The van der Waals surface area contributed by atoms with E-state index in [0.717, 1.165) is 52.1 Å². The Morgan fingerprint density at radius 3 is 2.95 bits per heavy atom. The second-order valence-corrected chi connectivity index (χ2v) is 4.99. The molecule has 1 aromatic rings. The molecule has 1 aliphatic heterocycles. The van der Waals surface area contributed by atoms with Crippen molar-refractivity contribution in [3.63, 3.8) is 0 Å². The molecule has 0 amide bonds. The van der Waals surface area contributed by atoms with Crippen LogP contribution >= 0.6 is 0 Å². The molecule has 0 aliphatic carbocycles. The van der Waals surface area contributed by atoms with Gasteiger partial charge in [-0.05, 0) is 32.5 Å². The molecular formula is C13H23N5O. The van der Waals surface area contributed by atoms with Crippen LogP contribution in [0.2, 0.25) is 0 Å². The predicted octanol–water partition coefficient (Wildman–Crippen LogP) is -0.359. The number of hydrogen-bond donors (Lipinski definition) is 1. The van der Waals surface area contributed by atoms with E-state index < -0.39 is 0 Å². The average molecular weight is 265 g/mol. The Balaban J connectivity index is 2.03. The Morgan fingerprint density at radius 1 is 1.32 bits per heavy atom. The Kier molecular flexibility index (Phi) is 4.93. The molecule has 1 saturated heterocycles. The lowest BCUT2D eigenvalue weighted by Gasteiger charge is -2.22. The van der Waals surface area contributed by atoms with E-state index in [4.69, 9.17) is 5.73 Å². The fourth-order valence-electron chi connectivity index (χ4n) is 2.42. The van der Waals surface area contributed by atoms with Crippen LogP contribution in [0.4, 0.5) is 5.82 Å². The molecule has 2 rings (SSSR count). The number of anilines is 1. The quantitative estimate of drug-likeness (QED) is 0.805. The second-order valence-electron chi connectivity index (χ2n) is 4.99. The first kappa shape index (κ1) is 14.0. The molecule has 0 bridgehead atoms. The van der Waals surface area contributed by atoms with E-state index in [1.165, 1.54) is 0 Å². The SMILES string of the molecule is Cn1ccnc(N2CCCN(CCCN)CC2)c1=O. The molecule has 1 fully saturated rings. The molecule has 0 saturated carbocycles. The summed E-state index contributed by atoms with van der Waals surface area (Å²) in [7, 11) is 1.76. The highest BCUT2D eigenvalue weighted by atomic mass is 16.1. The molecule has 0 unspecified atom stereocenters. The minimum atomic E-state index is -0.0158. The van der Waals surface area contributed by atoms with Crippen molar-refractivity contribution >= 4 is 5.82 Å². The first-order chi connectivity index (χ1) is 9.22. The van der Waals surface area contributed by atoms with Gasteiger partial charge in [-0.25, -0.2) is 4.98 Å². The zero-order chi connectivity index (χ0) is 13.7. The number of aromatic nitrogens is 2. The maximum Gasteiger partial charge on any atom is 0.293 e. The first-order valence-electron chi connectivity index (χ1n) is 6.91. The number of aryl methyl sites for hydroxylation is 1. The third-order valence-corrected chi connectivity index (χ3v) is 3.57. The van der Waals surface area contributed by atoms with Crippen molar-refractivity contribution in [3.05, 3.63) is 22.7 Å². The van der Waals surface area contributed by atoms with E-state index in [0.29, 0.717) is 5.82 Å². The van der Waals surface area contributed by atoms with Crippen LogP contribution in [0.25, 0.3) is 0 Å². The molecule has 1 aromatic heterocycles. The smallest absolute Gasteiger partial charge is 0.293 e. The predicted molar refractivity (Wildman–Crippen MR) is 76.4 cm³/mol. The van der Waals surface area contributed by atoms with Gasteiger partial charge in [-0.3, -0.25) is 4.79 Å². The highest BCUT2D eigenvalue weighted by Crippen LogP contribution is 2.09. The monoisotopic (exact) mass is 265 g/mol. The summed E-state index contributed by atoms with van der Waals surface area (Å²) in [6.07, 6.45) is 5.47. The van der Waals surface area contributed by atoms with Gasteiger partial charge < -0.3 is 20.1 Å². The third-order valence-electron chi connectivity index (χ3n) is 3.57. The van der Waals surface area contributed by atoms with E-state index in [9.17, 15) is 4.79 Å². The third kappa shape index (κ3) is 3.54. The maximum atomic E-state index is 12.1. The Hall–Kier alpha value is -1.40. The van der Waals surface area contributed by atoms with Gasteiger partial charge in [0.05, 0.1) is 0 Å². The standard InChI is InChI=1S/C13H23N5O/c1-16-9-5-15-12(13(16)19)18-8-3-7-17(10-11-18)6-2-4-14/h5,9H,2-4,6-8,10-11,14H2,1H3. The summed E-state index contributed by atoms with van der Waals surface area (Å²) in [6.45, 7) is 5.58. The van der Waals surface area contributed by atoms with Crippen LogP contribution in [0.15, 0.2) is 17.2 Å². The van der Waals surface area contributed by atoms with Gasteiger partial charge in [0.15, 0.2) is 5.82 Å². The second kappa shape index (κ2) is 6.68. The largest absolute Gasteiger partial charge is 0.351 e. The van der Waals surface area contributed by atoms with Crippen LogP contribution in [0.3, 0.4) is 0 Å². The highest BCUT2D eigenvalue weighted by molar-refractivity contribution is 5.35. The summed E-state index contributed by atoms with van der Waals surface area (Å²) in [4.78, 5) is 20.8. The summed E-state index contributed by atoms with van der Waals surface area (Å²) in [6, 6.07) is 0. The maximum absolute atomic E-state index is 12.1. The van der Waals surface area contributed by atoms with E-state index in [-0.39, 0.29) is 5.56 Å². The van der Waals surface area contributed by atoms with Crippen LogP contribution < -0.4 is 16.2 Å². The van der Waals surface area contributed by atoms with Gasteiger partial charge >= 0.3 is 0 Å². The molecule has 2 heterocycles. The Bertz CT molecular complexity index is 459. The van der Waals surface area contributed by atoms with Crippen molar-refractivity contribution in [2.24, 2.45) is 12.8 Å². The van der Waals surface area contributed by atoms with Crippen LogP contribution in [0, 0.1) is 0 Å². The summed E-state index contributed by atoms with van der Waals surface area (Å²) in [5, 5.41) is 0. The van der Waals surface area contributed by atoms with Crippen LogP contribution in [-0.2, 0) is 7.05 Å². The zero-order valence-corrected chi connectivity index (χ0v) is 11.6. The van der Waals surface area contributed by atoms with Crippen molar-refractivity contribution in [3.8, 4) is 0 Å². The van der Waals surface area contributed by atoms with Crippen LogP contribution in [-0.4, -0.2) is 53.7 Å². The van der Waals surface area contributed by atoms with Gasteiger partial charge in [0.1, 0.15) is 0 Å². The summed E-state index contributed by atoms with van der Waals surface area (Å²) in [5.74, 6) is 0.575. The Morgan fingerprint density at radius 2 is 2.16 bits per heavy atom. The molecule has 6 nitrogen and oxygen atoms in total. The number of nitrogens with zero attached hydrogens (tertiary/aromatic N) is 4. The summed E-state index contributed by atoms with van der Waals surface area (Å²) in [5.41, 5.74) is 5.53. The topological polar surface area (TPSA) is 67.4 Å².